The molecule has 0 amide bonds. The van der Waals surface area contributed by atoms with Gasteiger partial charge in [0.1, 0.15) is 5.78 Å². The molecule has 0 atom stereocenters. The Kier molecular flexibility index (Phi) is 11.5. The quantitative estimate of drug-likeness (QED) is 0.503. The summed E-state index contributed by atoms with van der Waals surface area (Å²) in [7, 11) is 0. The predicted octanol–water partition coefficient (Wildman–Crippen LogP) is 4.40. The first-order chi connectivity index (χ1) is 14.9. The van der Waals surface area contributed by atoms with Crippen LogP contribution in [0, 0.1) is 11.8 Å². The van der Waals surface area contributed by atoms with E-state index in [0.29, 0.717) is 51.7 Å². The van der Waals surface area contributed by atoms with E-state index in [0.717, 1.165) is 31.6 Å². The van der Waals surface area contributed by atoms with Gasteiger partial charge in [0.05, 0.1) is 27.8 Å². The Balaban J connectivity index is 0.000000255. The molecule has 1 aliphatic heterocycles. The summed E-state index contributed by atoms with van der Waals surface area (Å²) in [5.74, 6) is -0.0238. The fourth-order valence-corrected chi connectivity index (χ4v) is 3.41. The fraction of sp³-hybridized carbons (Fsp3) is 0.783. The van der Waals surface area contributed by atoms with E-state index in [1.807, 2.05) is 0 Å². The molecule has 29 heavy (non-hydrogen) atoms. The van der Waals surface area contributed by atoms with Gasteiger partial charge in [-0.3, -0.25) is 14.4 Å². The molecule has 2 aliphatic carbocycles. The molecule has 0 radical (unpaired) electrons. The Labute approximate surface area is 178 Å². The minimum Gasteiger partial charge on any atom is -0.466 e. The van der Waals surface area contributed by atoms with Crippen molar-refractivity contribution >= 4 is 17.7 Å². The Hall–Kier alpha value is -1.69. The molecule has 6 nitrogen and oxygen atoms in total. The summed E-state index contributed by atoms with van der Waals surface area (Å²) in [6.07, 6.45) is 7.87. The maximum absolute atomic E-state index is 11.3. The van der Waals surface area contributed by atoms with E-state index >= 15 is 0 Å². The van der Waals surface area contributed by atoms with Crippen molar-refractivity contribution in [3.05, 3.63) is 12.1 Å². The summed E-state index contributed by atoms with van der Waals surface area (Å²) in [4.78, 5) is 33.4. The van der Waals surface area contributed by atoms with Crippen LogP contribution in [0.1, 0.15) is 80.8 Å². The number of allylic oxidation sites excluding steroid dienone is 1. The van der Waals surface area contributed by atoms with Crippen LogP contribution in [-0.4, -0.2) is 44.1 Å². The van der Waals surface area contributed by atoms with Crippen molar-refractivity contribution in [1.29, 1.82) is 0 Å². The number of rotatable bonds is 4. The standard InChI is InChI=1S/C10H16O2.C9H14O3.C4H8O/c1-3-12-10(11)9-6-4-8(2)5-7-9;1-2-12-9(11)7-3-5-8(10)6-4-7;1-2-4-5-3-1/h9H,2-7H2,1H3;7H,2-6H2,1H3;1-4H2/i2D2;;. The lowest BCUT2D eigenvalue weighted by molar-refractivity contribution is -0.150. The first-order valence-corrected chi connectivity index (χ1v) is 11.0. The molecule has 0 aromatic heterocycles. The Bertz CT molecular complexity index is 569. The molecule has 2 saturated carbocycles. The third-order valence-corrected chi connectivity index (χ3v) is 5.20. The third kappa shape index (κ3) is 11.2. The van der Waals surface area contributed by atoms with Gasteiger partial charge < -0.3 is 14.2 Å². The molecule has 0 aromatic carbocycles. The highest BCUT2D eigenvalue weighted by Gasteiger charge is 2.25. The summed E-state index contributed by atoms with van der Waals surface area (Å²) >= 11 is 0. The van der Waals surface area contributed by atoms with Crippen LogP contribution in [0.4, 0.5) is 0 Å². The number of carbonyl (C=O) groups is 3. The smallest absolute Gasteiger partial charge is 0.308 e. The maximum atomic E-state index is 11.3. The van der Waals surface area contributed by atoms with Crippen LogP contribution >= 0.6 is 0 Å². The number of carbonyl (C=O) groups excluding carboxylic acids is 3. The summed E-state index contributed by atoms with van der Waals surface area (Å²) in [6, 6.07) is 0. The molecule has 6 heteroatoms. The Morgan fingerprint density at radius 3 is 1.72 bits per heavy atom. The highest BCUT2D eigenvalue weighted by atomic mass is 16.5. The van der Waals surface area contributed by atoms with Gasteiger partial charge in [-0.2, -0.15) is 0 Å². The van der Waals surface area contributed by atoms with Crippen molar-refractivity contribution in [2.24, 2.45) is 11.8 Å². The van der Waals surface area contributed by atoms with E-state index in [9.17, 15) is 14.4 Å². The SMILES string of the molecule is C1CCOC1.CCOC(=O)C1CCC(=O)CC1.[2H]C([2H])=C1CCC(C(=O)OCC)CC1. The fourth-order valence-electron chi connectivity index (χ4n) is 3.41. The molecule has 1 saturated heterocycles. The number of ketones is 1. The van der Waals surface area contributed by atoms with Gasteiger partial charge >= 0.3 is 11.9 Å². The second-order valence-corrected chi connectivity index (χ2v) is 7.51. The van der Waals surface area contributed by atoms with E-state index in [1.165, 1.54) is 12.8 Å². The van der Waals surface area contributed by atoms with Crippen LogP contribution in [0.25, 0.3) is 0 Å². The van der Waals surface area contributed by atoms with Crippen LogP contribution in [0.3, 0.4) is 0 Å². The molecule has 3 rings (SSSR count). The molecule has 3 aliphatic rings. The number of hydrogen-bond acceptors (Lipinski definition) is 6. The van der Waals surface area contributed by atoms with Crippen LogP contribution in [0.15, 0.2) is 12.1 Å². The zero-order valence-corrected chi connectivity index (χ0v) is 18.0. The highest BCUT2D eigenvalue weighted by molar-refractivity contribution is 5.82. The molecule has 0 unspecified atom stereocenters. The van der Waals surface area contributed by atoms with E-state index < -0.39 is 0 Å². The molecule has 3 fully saturated rings. The zero-order chi connectivity index (χ0) is 23.1. The third-order valence-electron chi connectivity index (χ3n) is 5.20. The van der Waals surface area contributed by atoms with Crippen LogP contribution in [-0.2, 0) is 28.6 Å². The second-order valence-electron chi connectivity index (χ2n) is 7.51. The first kappa shape index (κ1) is 22.0. The van der Waals surface area contributed by atoms with E-state index in [-0.39, 0.29) is 36.1 Å². The Morgan fingerprint density at radius 2 is 1.38 bits per heavy atom. The number of ether oxygens (including phenoxy) is 3. The van der Waals surface area contributed by atoms with Crippen molar-refractivity contribution in [1.82, 2.24) is 0 Å². The normalized spacial score (nSPS) is 20.9. The van der Waals surface area contributed by atoms with Crippen molar-refractivity contribution in [2.45, 2.75) is 78.1 Å². The Morgan fingerprint density at radius 1 is 0.931 bits per heavy atom. The minimum absolute atomic E-state index is 0.0157. The summed E-state index contributed by atoms with van der Waals surface area (Å²) in [6.45, 7) is 6.39. The summed E-state index contributed by atoms with van der Waals surface area (Å²) < 4.78 is 29.1. The summed E-state index contributed by atoms with van der Waals surface area (Å²) in [5, 5.41) is 0. The van der Waals surface area contributed by atoms with E-state index in [2.05, 4.69) is 0 Å². The minimum atomic E-state index is -0.134. The number of Topliss-reactive ketones (excluding diaryl/α,β-unsaturated/α-hetero) is 1. The molecular formula is C23H38O6. The summed E-state index contributed by atoms with van der Waals surface area (Å²) in [5.41, 5.74) is 0.866. The lowest BCUT2D eigenvalue weighted by atomic mass is 9.87. The monoisotopic (exact) mass is 412 g/mol. The maximum Gasteiger partial charge on any atom is 0.308 e. The van der Waals surface area contributed by atoms with Crippen LogP contribution in [0.5, 0.6) is 0 Å². The van der Waals surface area contributed by atoms with Gasteiger partial charge in [-0.1, -0.05) is 12.1 Å². The van der Waals surface area contributed by atoms with Crippen LogP contribution < -0.4 is 0 Å². The molecular weight excluding hydrogens is 372 g/mol. The van der Waals surface area contributed by atoms with Crippen molar-refractivity contribution in [2.75, 3.05) is 26.4 Å². The largest absolute Gasteiger partial charge is 0.466 e. The molecule has 0 bridgehead atoms. The van der Waals surface area contributed by atoms with Gasteiger partial charge in [0.2, 0.25) is 0 Å². The van der Waals surface area contributed by atoms with Gasteiger partial charge in [-0.25, -0.2) is 0 Å². The lowest BCUT2D eigenvalue weighted by Gasteiger charge is -2.21. The zero-order valence-electron chi connectivity index (χ0n) is 20.0. The average molecular weight is 413 g/mol. The van der Waals surface area contributed by atoms with Crippen molar-refractivity contribution < 1.29 is 31.3 Å². The van der Waals surface area contributed by atoms with Crippen LogP contribution in [0.2, 0.25) is 0 Å². The van der Waals surface area contributed by atoms with E-state index in [1.54, 1.807) is 13.8 Å². The highest BCUT2D eigenvalue weighted by Crippen LogP contribution is 2.27. The second kappa shape index (κ2) is 15.2. The predicted molar refractivity (Wildman–Crippen MR) is 111 cm³/mol. The van der Waals surface area contributed by atoms with Gasteiger partial charge in [-0.15, -0.1) is 0 Å². The van der Waals surface area contributed by atoms with Gasteiger partial charge in [0.15, 0.2) is 0 Å². The van der Waals surface area contributed by atoms with Gasteiger partial charge in [0.25, 0.3) is 0 Å². The number of hydrogen-bond donors (Lipinski definition) is 0. The topological polar surface area (TPSA) is 78.9 Å². The van der Waals surface area contributed by atoms with Crippen molar-refractivity contribution in [3.8, 4) is 0 Å². The lowest BCUT2D eigenvalue weighted by Crippen LogP contribution is -2.23. The molecule has 1 heterocycles. The average Bonchev–Trinajstić information content (AvgIpc) is 3.35. The molecule has 0 N–H and O–H groups in total. The molecule has 166 valence electrons. The van der Waals surface area contributed by atoms with Gasteiger partial charge in [-0.05, 0) is 65.2 Å². The molecule has 0 spiro atoms. The first-order valence-electron chi connectivity index (χ1n) is 12.0. The van der Waals surface area contributed by atoms with E-state index in [4.69, 9.17) is 17.0 Å². The number of esters is 2. The van der Waals surface area contributed by atoms with Gasteiger partial charge in [0, 0.05) is 26.1 Å². The molecule has 0 aromatic rings. The van der Waals surface area contributed by atoms with Crippen molar-refractivity contribution in [3.63, 3.8) is 0 Å².